The first-order chi connectivity index (χ1) is 16.7. The van der Waals surface area contributed by atoms with E-state index in [0.717, 1.165) is 39.6 Å². The molecule has 0 bridgehead atoms. The molecule has 0 fully saturated rings. The maximum Gasteiger partial charge on any atom is 0.419 e. The van der Waals surface area contributed by atoms with Gasteiger partial charge in [-0.1, -0.05) is 17.8 Å². The standard InChI is InChI=1S/C26H27N3O5S/c1-14-10-17(12-20(23(14)32-5)25(30)35-6)19(8-7-9-22-28-27-16(3)33-22)18-11-15(2)24-21(13-18)29(4)26(31)34-24/h8,10-13H,7,9H2,1-6H3/b19-8-. The molecule has 35 heavy (non-hydrogen) atoms. The highest BCUT2D eigenvalue weighted by Gasteiger charge is 2.19. The number of rotatable bonds is 7. The van der Waals surface area contributed by atoms with Gasteiger partial charge in [0.1, 0.15) is 5.75 Å². The Kier molecular flexibility index (Phi) is 6.98. The van der Waals surface area contributed by atoms with Crippen LogP contribution in [0.2, 0.25) is 0 Å². The minimum atomic E-state index is -0.411. The molecule has 0 saturated carbocycles. The number of fused-ring (bicyclic) bond motifs is 1. The Morgan fingerprint density at radius 1 is 1.09 bits per heavy atom. The number of benzene rings is 2. The van der Waals surface area contributed by atoms with Crippen LogP contribution >= 0.6 is 11.8 Å². The van der Waals surface area contributed by atoms with Crippen molar-refractivity contribution in [1.82, 2.24) is 14.8 Å². The molecule has 0 aliphatic heterocycles. The van der Waals surface area contributed by atoms with E-state index in [1.54, 1.807) is 27.3 Å². The molecule has 4 rings (SSSR count). The molecule has 2 aromatic heterocycles. The van der Waals surface area contributed by atoms with Gasteiger partial charge < -0.3 is 13.6 Å². The third-order valence-corrected chi connectivity index (χ3v) is 6.45. The monoisotopic (exact) mass is 493 g/mol. The van der Waals surface area contributed by atoms with Crippen molar-refractivity contribution in [3.8, 4) is 5.75 Å². The van der Waals surface area contributed by atoms with E-state index in [9.17, 15) is 9.59 Å². The van der Waals surface area contributed by atoms with Crippen LogP contribution in [0, 0.1) is 20.8 Å². The highest BCUT2D eigenvalue weighted by molar-refractivity contribution is 8.13. The van der Waals surface area contributed by atoms with Gasteiger partial charge in [0, 0.05) is 20.4 Å². The van der Waals surface area contributed by atoms with Crippen molar-refractivity contribution in [1.29, 1.82) is 0 Å². The van der Waals surface area contributed by atoms with E-state index in [1.165, 1.54) is 4.57 Å². The summed E-state index contributed by atoms with van der Waals surface area (Å²) in [6.07, 6.45) is 5.05. The number of aryl methyl sites for hydroxylation is 5. The minimum Gasteiger partial charge on any atom is -0.496 e. The summed E-state index contributed by atoms with van der Waals surface area (Å²) in [6, 6.07) is 7.79. The predicted molar refractivity (Wildman–Crippen MR) is 136 cm³/mol. The first-order valence-corrected chi connectivity index (χ1v) is 12.3. The normalized spacial score (nSPS) is 11.9. The van der Waals surface area contributed by atoms with E-state index in [1.807, 2.05) is 38.1 Å². The molecule has 8 nitrogen and oxygen atoms in total. The lowest BCUT2D eigenvalue weighted by Gasteiger charge is -2.16. The number of oxazole rings is 1. The van der Waals surface area contributed by atoms with Gasteiger partial charge >= 0.3 is 5.76 Å². The number of nitrogens with zero attached hydrogens (tertiary/aromatic N) is 3. The van der Waals surface area contributed by atoms with Gasteiger partial charge in [-0.25, -0.2) is 4.79 Å². The van der Waals surface area contributed by atoms with Crippen LogP contribution in [0.1, 0.15) is 50.8 Å². The topological polar surface area (TPSA) is 100 Å². The van der Waals surface area contributed by atoms with Gasteiger partial charge in [-0.15, -0.1) is 10.2 Å². The van der Waals surface area contributed by atoms with Crippen LogP contribution in [-0.4, -0.2) is 33.2 Å². The smallest absolute Gasteiger partial charge is 0.419 e. The Bertz CT molecular complexity index is 1510. The van der Waals surface area contributed by atoms with Crippen LogP contribution < -0.4 is 10.5 Å². The highest BCUT2D eigenvalue weighted by Crippen LogP contribution is 2.35. The van der Waals surface area contributed by atoms with E-state index in [0.29, 0.717) is 47.0 Å². The number of allylic oxidation sites excluding steroid dienone is 1. The molecule has 2 aromatic carbocycles. The van der Waals surface area contributed by atoms with Crippen molar-refractivity contribution in [2.75, 3.05) is 13.4 Å². The van der Waals surface area contributed by atoms with Crippen molar-refractivity contribution in [3.05, 3.63) is 80.5 Å². The van der Waals surface area contributed by atoms with Crippen molar-refractivity contribution in [2.45, 2.75) is 33.6 Å². The fourth-order valence-electron chi connectivity index (χ4n) is 4.19. The molecule has 0 atom stereocenters. The summed E-state index contributed by atoms with van der Waals surface area (Å²) in [7, 11) is 3.25. The molecule has 0 amide bonds. The summed E-state index contributed by atoms with van der Waals surface area (Å²) < 4.78 is 18.0. The lowest BCUT2D eigenvalue weighted by Crippen LogP contribution is -2.08. The zero-order valence-corrected chi connectivity index (χ0v) is 21.4. The number of methoxy groups -OCH3 is 1. The maximum atomic E-state index is 12.7. The highest BCUT2D eigenvalue weighted by atomic mass is 32.2. The first kappa shape index (κ1) is 24.5. The molecule has 2 heterocycles. The Labute approximate surface area is 207 Å². The second kappa shape index (κ2) is 9.95. The van der Waals surface area contributed by atoms with Gasteiger partial charge in [-0.2, -0.15) is 0 Å². The first-order valence-electron chi connectivity index (χ1n) is 11.1. The van der Waals surface area contributed by atoms with E-state index in [4.69, 9.17) is 13.6 Å². The summed E-state index contributed by atoms with van der Waals surface area (Å²) in [4.78, 5) is 24.9. The van der Waals surface area contributed by atoms with Crippen LogP contribution in [0.3, 0.4) is 0 Å². The quantitative estimate of drug-likeness (QED) is 0.354. The van der Waals surface area contributed by atoms with Crippen LogP contribution in [0.4, 0.5) is 0 Å². The van der Waals surface area contributed by atoms with Crippen LogP contribution in [0.15, 0.2) is 44.0 Å². The predicted octanol–water partition coefficient (Wildman–Crippen LogP) is 5.02. The molecule has 0 aliphatic carbocycles. The second-order valence-electron chi connectivity index (χ2n) is 8.31. The van der Waals surface area contributed by atoms with Crippen molar-refractivity contribution in [3.63, 3.8) is 0 Å². The van der Waals surface area contributed by atoms with Gasteiger partial charge in [0.05, 0.1) is 18.2 Å². The van der Waals surface area contributed by atoms with E-state index in [2.05, 4.69) is 16.3 Å². The molecular weight excluding hydrogens is 466 g/mol. The largest absolute Gasteiger partial charge is 0.496 e. The van der Waals surface area contributed by atoms with Crippen LogP contribution in [-0.2, 0) is 13.5 Å². The number of carbonyl (C=O) groups is 1. The zero-order chi connectivity index (χ0) is 25.3. The minimum absolute atomic E-state index is 0.0728. The summed E-state index contributed by atoms with van der Waals surface area (Å²) in [5.74, 6) is 1.24. The summed E-state index contributed by atoms with van der Waals surface area (Å²) in [5.41, 5.74) is 6.17. The Hall–Kier alpha value is -3.59. The molecule has 0 aliphatic rings. The fraction of sp³-hybridized carbons (Fsp3) is 0.308. The molecule has 0 unspecified atom stereocenters. The van der Waals surface area contributed by atoms with Crippen molar-refractivity contribution >= 4 is 33.5 Å². The molecule has 9 heteroatoms. The molecule has 0 spiro atoms. The van der Waals surface area contributed by atoms with Crippen LogP contribution in [0.5, 0.6) is 5.75 Å². The SMILES string of the molecule is COc1c(C)cc(/C(=C/CCc2nnc(C)o2)c2cc(C)c3oc(=O)n(C)c3c2)cc1C(=O)SC. The second-order valence-corrected chi connectivity index (χ2v) is 9.08. The van der Waals surface area contributed by atoms with Crippen molar-refractivity contribution < 1.29 is 18.4 Å². The summed E-state index contributed by atoms with van der Waals surface area (Å²) >= 11 is 1.14. The third-order valence-electron chi connectivity index (χ3n) is 5.86. The maximum absolute atomic E-state index is 12.7. The lowest BCUT2D eigenvalue weighted by molar-refractivity contribution is 0.108. The van der Waals surface area contributed by atoms with E-state index in [-0.39, 0.29) is 5.12 Å². The fourth-order valence-corrected chi connectivity index (χ4v) is 4.56. The van der Waals surface area contributed by atoms with Crippen molar-refractivity contribution in [2.24, 2.45) is 7.05 Å². The average Bonchev–Trinajstić information content (AvgIpc) is 3.38. The Morgan fingerprint density at radius 3 is 2.46 bits per heavy atom. The number of thioether (sulfide) groups is 1. The average molecular weight is 494 g/mol. The van der Waals surface area contributed by atoms with Gasteiger partial charge in [0.2, 0.25) is 16.9 Å². The summed E-state index contributed by atoms with van der Waals surface area (Å²) in [6.45, 7) is 5.59. The van der Waals surface area contributed by atoms with E-state index < -0.39 is 5.76 Å². The van der Waals surface area contributed by atoms with Gasteiger partial charge in [-0.05, 0) is 78.6 Å². The van der Waals surface area contributed by atoms with E-state index >= 15 is 0 Å². The van der Waals surface area contributed by atoms with Gasteiger partial charge in [-0.3, -0.25) is 9.36 Å². The van der Waals surface area contributed by atoms with Gasteiger partial charge in [0.15, 0.2) is 5.58 Å². The molecule has 182 valence electrons. The number of aromatic nitrogens is 3. The summed E-state index contributed by atoms with van der Waals surface area (Å²) in [5, 5.41) is 7.91. The number of ether oxygens (including phenoxy) is 1. The van der Waals surface area contributed by atoms with Crippen LogP contribution in [0.25, 0.3) is 16.7 Å². The molecular formula is C26H27N3O5S. The number of carbonyl (C=O) groups excluding carboxylic acids is 1. The van der Waals surface area contributed by atoms with Gasteiger partial charge in [0.25, 0.3) is 0 Å². The molecule has 4 aromatic rings. The lowest BCUT2D eigenvalue weighted by atomic mass is 9.92. The Morgan fingerprint density at radius 2 is 1.80 bits per heavy atom. The molecule has 0 N–H and O–H groups in total. The Balaban J connectivity index is 1.89. The molecule has 0 saturated heterocycles. The number of hydrogen-bond acceptors (Lipinski definition) is 8. The zero-order valence-electron chi connectivity index (χ0n) is 20.6. The third kappa shape index (κ3) is 4.81. The number of hydrogen-bond donors (Lipinski definition) is 0. The molecule has 0 radical (unpaired) electrons.